The van der Waals surface area contributed by atoms with Gasteiger partial charge in [0.2, 0.25) is 17.7 Å². The minimum absolute atomic E-state index is 0.0623. The predicted octanol–water partition coefficient (Wildman–Crippen LogP) is 2.54. The van der Waals surface area contributed by atoms with Crippen molar-refractivity contribution in [1.82, 2.24) is 0 Å². The number of rotatable bonds is 5. The number of hydrogen-bond acceptors (Lipinski definition) is 5. The summed E-state index contributed by atoms with van der Waals surface area (Å²) >= 11 is 0. The minimum Gasteiger partial charge on any atom is -0.326 e. The Balaban J connectivity index is 1.63. The second-order valence-electron chi connectivity index (χ2n) is 6.43. The molecule has 144 valence electrons. The summed E-state index contributed by atoms with van der Waals surface area (Å²) in [6.45, 7) is 1.61. The molecule has 1 heterocycles. The first kappa shape index (κ1) is 19.0. The zero-order valence-electron chi connectivity index (χ0n) is 15.0. The Morgan fingerprint density at radius 1 is 1.04 bits per heavy atom. The second kappa shape index (κ2) is 7.87. The molecule has 1 aliphatic rings. The number of hydrogen-bond donors (Lipinski definition) is 2. The highest BCUT2D eigenvalue weighted by Gasteiger charge is 2.35. The lowest BCUT2D eigenvalue weighted by molar-refractivity contribution is -0.384. The standard InChI is InChI=1S/C19H18N4O5/c1-12(24)20-14-2-4-15(5-3-14)21-19(26)13-10-18(25)22(11-13)16-6-8-17(9-7-16)23(27)28/h2-9,13H,10-11H2,1H3,(H,20,24)(H,21,26)/t13-/m0/s1. The van der Waals surface area contributed by atoms with Gasteiger partial charge in [-0.25, -0.2) is 0 Å². The maximum Gasteiger partial charge on any atom is 0.269 e. The van der Waals surface area contributed by atoms with E-state index in [9.17, 15) is 24.5 Å². The molecule has 3 rings (SSSR count). The van der Waals surface area contributed by atoms with Crippen LogP contribution < -0.4 is 15.5 Å². The average Bonchev–Trinajstić information content (AvgIpc) is 3.05. The van der Waals surface area contributed by atoms with Gasteiger partial charge in [0.25, 0.3) is 5.69 Å². The van der Waals surface area contributed by atoms with Crippen LogP contribution in [0.4, 0.5) is 22.7 Å². The van der Waals surface area contributed by atoms with Crippen LogP contribution in [-0.2, 0) is 14.4 Å². The van der Waals surface area contributed by atoms with Gasteiger partial charge in [0.15, 0.2) is 0 Å². The third-order valence-electron chi connectivity index (χ3n) is 4.34. The molecule has 9 heteroatoms. The van der Waals surface area contributed by atoms with E-state index in [0.29, 0.717) is 17.1 Å². The van der Waals surface area contributed by atoms with Crippen LogP contribution in [0.25, 0.3) is 0 Å². The predicted molar refractivity (Wildman–Crippen MR) is 103 cm³/mol. The van der Waals surface area contributed by atoms with Crippen molar-refractivity contribution in [2.24, 2.45) is 5.92 Å². The SMILES string of the molecule is CC(=O)Nc1ccc(NC(=O)[C@H]2CC(=O)N(c3ccc([N+](=O)[O-])cc3)C2)cc1. The summed E-state index contributed by atoms with van der Waals surface area (Å²) < 4.78 is 0. The number of amides is 3. The molecule has 1 fully saturated rings. The number of nitro benzene ring substituents is 1. The Kier molecular flexibility index (Phi) is 5.35. The molecule has 0 radical (unpaired) electrons. The van der Waals surface area contributed by atoms with Crippen molar-refractivity contribution in [2.45, 2.75) is 13.3 Å². The number of anilines is 3. The monoisotopic (exact) mass is 382 g/mol. The van der Waals surface area contributed by atoms with E-state index in [0.717, 1.165) is 0 Å². The van der Waals surface area contributed by atoms with E-state index >= 15 is 0 Å². The van der Waals surface area contributed by atoms with Crippen LogP contribution in [0.15, 0.2) is 48.5 Å². The first-order valence-electron chi connectivity index (χ1n) is 8.57. The topological polar surface area (TPSA) is 122 Å². The fraction of sp³-hybridized carbons (Fsp3) is 0.211. The Morgan fingerprint density at radius 3 is 2.14 bits per heavy atom. The van der Waals surface area contributed by atoms with E-state index in [2.05, 4.69) is 10.6 Å². The molecule has 2 N–H and O–H groups in total. The van der Waals surface area contributed by atoms with Gasteiger partial charge in [0.05, 0.1) is 10.8 Å². The normalized spacial score (nSPS) is 16.0. The highest BCUT2D eigenvalue weighted by molar-refractivity contribution is 6.03. The first-order chi connectivity index (χ1) is 13.3. The highest BCUT2D eigenvalue weighted by atomic mass is 16.6. The molecule has 28 heavy (non-hydrogen) atoms. The summed E-state index contributed by atoms with van der Waals surface area (Å²) in [7, 11) is 0. The van der Waals surface area contributed by atoms with Crippen molar-refractivity contribution in [3.8, 4) is 0 Å². The quantitative estimate of drug-likeness (QED) is 0.608. The Morgan fingerprint density at radius 2 is 1.61 bits per heavy atom. The fourth-order valence-electron chi connectivity index (χ4n) is 2.97. The molecular weight excluding hydrogens is 364 g/mol. The lowest BCUT2D eigenvalue weighted by Crippen LogP contribution is -2.28. The molecule has 1 atom stereocenters. The molecule has 0 spiro atoms. The number of benzene rings is 2. The van der Waals surface area contributed by atoms with E-state index in [1.165, 1.54) is 36.1 Å². The number of nitrogens with one attached hydrogen (secondary N) is 2. The van der Waals surface area contributed by atoms with E-state index < -0.39 is 10.8 Å². The molecule has 3 amide bonds. The van der Waals surface area contributed by atoms with Crippen LogP contribution in [-0.4, -0.2) is 29.2 Å². The third-order valence-corrected chi connectivity index (χ3v) is 4.34. The molecule has 0 bridgehead atoms. The molecule has 1 saturated heterocycles. The second-order valence-corrected chi connectivity index (χ2v) is 6.43. The summed E-state index contributed by atoms with van der Waals surface area (Å²) in [5, 5.41) is 16.1. The van der Waals surface area contributed by atoms with E-state index in [-0.39, 0.29) is 36.4 Å². The smallest absolute Gasteiger partial charge is 0.269 e. The van der Waals surface area contributed by atoms with Gasteiger partial charge in [-0.15, -0.1) is 0 Å². The molecule has 2 aromatic rings. The van der Waals surface area contributed by atoms with Gasteiger partial charge in [-0.05, 0) is 36.4 Å². The van der Waals surface area contributed by atoms with Gasteiger partial charge in [0.1, 0.15) is 0 Å². The van der Waals surface area contributed by atoms with Crippen molar-refractivity contribution in [3.63, 3.8) is 0 Å². The minimum atomic E-state index is -0.530. The van der Waals surface area contributed by atoms with Crippen LogP contribution in [0.1, 0.15) is 13.3 Å². The van der Waals surface area contributed by atoms with E-state index in [4.69, 9.17) is 0 Å². The zero-order chi connectivity index (χ0) is 20.3. The summed E-state index contributed by atoms with van der Waals surface area (Å²) in [5.41, 5.74) is 1.63. The van der Waals surface area contributed by atoms with Crippen LogP contribution in [0.2, 0.25) is 0 Å². The molecule has 1 aliphatic heterocycles. The van der Waals surface area contributed by atoms with Crippen molar-refractivity contribution in [1.29, 1.82) is 0 Å². The average molecular weight is 382 g/mol. The van der Waals surface area contributed by atoms with Gasteiger partial charge >= 0.3 is 0 Å². The summed E-state index contributed by atoms with van der Waals surface area (Å²) in [5.74, 6) is -1.22. The molecule has 0 saturated carbocycles. The van der Waals surface area contributed by atoms with Crippen molar-refractivity contribution >= 4 is 40.5 Å². The highest BCUT2D eigenvalue weighted by Crippen LogP contribution is 2.27. The number of carbonyl (C=O) groups is 3. The molecule has 0 aliphatic carbocycles. The van der Waals surface area contributed by atoms with Gasteiger partial charge in [-0.2, -0.15) is 0 Å². The zero-order valence-corrected chi connectivity index (χ0v) is 15.0. The molecule has 0 unspecified atom stereocenters. The van der Waals surface area contributed by atoms with Crippen molar-refractivity contribution in [2.75, 3.05) is 22.1 Å². The molecule has 0 aromatic heterocycles. The maximum absolute atomic E-state index is 12.5. The largest absolute Gasteiger partial charge is 0.326 e. The van der Waals surface area contributed by atoms with Gasteiger partial charge in [-0.1, -0.05) is 0 Å². The van der Waals surface area contributed by atoms with E-state index in [1.807, 2.05) is 0 Å². The lowest BCUT2D eigenvalue weighted by atomic mass is 10.1. The third kappa shape index (κ3) is 4.32. The molecular formula is C19H18N4O5. The number of nitro groups is 1. The Labute approximate surface area is 160 Å². The number of non-ortho nitro benzene ring substituents is 1. The van der Waals surface area contributed by atoms with Crippen molar-refractivity contribution < 1.29 is 19.3 Å². The van der Waals surface area contributed by atoms with Crippen LogP contribution >= 0.6 is 0 Å². The number of nitrogens with zero attached hydrogens (tertiary/aromatic N) is 2. The van der Waals surface area contributed by atoms with E-state index in [1.54, 1.807) is 24.3 Å². The Hall–Kier alpha value is -3.75. The molecule has 2 aromatic carbocycles. The number of carbonyl (C=O) groups excluding carboxylic acids is 3. The Bertz CT molecular complexity index is 924. The van der Waals surface area contributed by atoms with Crippen LogP contribution in [0, 0.1) is 16.0 Å². The summed E-state index contributed by atoms with van der Waals surface area (Å²) in [4.78, 5) is 47.5. The molecule has 9 nitrogen and oxygen atoms in total. The van der Waals surface area contributed by atoms with Gasteiger partial charge in [0, 0.05) is 49.1 Å². The van der Waals surface area contributed by atoms with Gasteiger partial charge in [-0.3, -0.25) is 24.5 Å². The lowest BCUT2D eigenvalue weighted by Gasteiger charge is -2.16. The summed E-state index contributed by atoms with van der Waals surface area (Å²) in [6.07, 6.45) is 0.0623. The van der Waals surface area contributed by atoms with Crippen LogP contribution in [0.5, 0.6) is 0 Å². The maximum atomic E-state index is 12.5. The summed E-state index contributed by atoms with van der Waals surface area (Å²) in [6, 6.07) is 12.3. The van der Waals surface area contributed by atoms with Crippen molar-refractivity contribution in [3.05, 3.63) is 58.6 Å². The van der Waals surface area contributed by atoms with Crippen LogP contribution in [0.3, 0.4) is 0 Å². The first-order valence-corrected chi connectivity index (χ1v) is 8.57. The fourth-order valence-corrected chi connectivity index (χ4v) is 2.97. The van der Waals surface area contributed by atoms with Gasteiger partial charge < -0.3 is 15.5 Å².